The van der Waals surface area contributed by atoms with Crippen LogP contribution in [0.25, 0.3) is 0 Å². The summed E-state index contributed by atoms with van der Waals surface area (Å²) in [5, 5.41) is 3.53. The minimum atomic E-state index is 0.655. The topological polar surface area (TPSA) is 21.3 Å². The third kappa shape index (κ3) is 2.58. The first-order valence-corrected chi connectivity index (χ1v) is 6.80. The van der Waals surface area contributed by atoms with Gasteiger partial charge in [0.1, 0.15) is 5.75 Å². The number of anilines is 1. The molecule has 0 aromatic heterocycles. The van der Waals surface area contributed by atoms with Gasteiger partial charge in [0.25, 0.3) is 0 Å². The molecule has 0 saturated heterocycles. The van der Waals surface area contributed by atoms with Crippen molar-refractivity contribution in [1.82, 2.24) is 0 Å². The lowest BCUT2D eigenvalue weighted by molar-refractivity contribution is 0.413. The fraction of sp³-hybridized carbons (Fsp3) is 0.294. The minimum Gasteiger partial charge on any atom is -0.495 e. The van der Waals surface area contributed by atoms with Gasteiger partial charge in [-0.25, -0.2) is 0 Å². The van der Waals surface area contributed by atoms with E-state index >= 15 is 0 Å². The first-order chi connectivity index (χ1) is 9.36. The molecule has 0 aliphatic carbocycles. The molecular formula is C17H19NO. The van der Waals surface area contributed by atoms with E-state index in [1.807, 2.05) is 6.07 Å². The molecule has 98 valence electrons. The molecule has 2 nitrogen and oxygen atoms in total. The van der Waals surface area contributed by atoms with Crippen molar-refractivity contribution in [1.29, 1.82) is 0 Å². The van der Waals surface area contributed by atoms with Crippen molar-refractivity contribution in [3.8, 4) is 5.75 Å². The second-order valence-electron chi connectivity index (χ2n) is 5.14. The van der Waals surface area contributed by atoms with Crippen molar-refractivity contribution in [2.45, 2.75) is 12.8 Å². The summed E-state index contributed by atoms with van der Waals surface area (Å²) in [5.74, 6) is 1.61. The zero-order valence-electron chi connectivity index (χ0n) is 11.2. The quantitative estimate of drug-likeness (QED) is 0.903. The lowest BCUT2D eigenvalue weighted by Crippen LogP contribution is -2.25. The van der Waals surface area contributed by atoms with E-state index in [1.54, 1.807) is 7.11 Å². The fourth-order valence-corrected chi connectivity index (χ4v) is 2.84. The molecule has 19 heavy (non-hydrogen) atoms. The number of benzene rings is 2. The van der Waals surface area contributed by atoms with E-state index < -0.39 is 0 Å². The van der Waals surface area contributed by atoms with Crippen LogP contribution in [0.3, 0.4) is 0 Å². The second-order valence-corrected chi connectivity index (χ2v) is 5.14. The SMILES string of the molecule is COc1cccc2c1NCC(Cc1ccccc1)C2. The third-order valence-corrected chi connectivity index (χ3v) is 3.78. The van der Waals surface area contributed by atoms with Gasteiger partial charge in [-0.1, -0.05) is 42.5 Å². The van der Waals surface area contributed by atoms with Gasteiger partial charge in [-0.15, -0.1) is 0 Å². The van der Waals surface area contributed by atoms with Gasteiger partial charge in [0.2, 0.25) is 0 Å². The van der Waals surface area contributed by atoms with Crippen molar-refractivity contribution in [2.75, 3.05) is 19.0 Å². The molecule has 1 heterocycles. The van der Waals surface area contributed by atoms with Crippen LogP contribution >= 0.6 is 0 Å². The zero-order chi connectivity index (χ0) is 13.1. The standard InChI is InChI=1S/C17H19NO/c1-19-16-9-5-8-15-11-14(12-18-17(15)16)10-13-6-3-2-4-7-13/h2-9,14,18H,10-12H2,1H3. The highest BCUT2D eigenvalue weighted by Gasteiger charge is 2.20. The van der Waals surface area contributed by atoms with Gasteiger partial charge in [-0.05, 0) is 36.0 Å². The zero-order valence-corrected chi connectivity index (χ0v) is 11.2. The Morgan fingerprint density at radius 1 is 1.11 bits per heavy atom. The predicted molar refractivity (Wildman–Crippen MR) is 78.8 cm³/mol. The van der Waals surface area contributed by atoms with Crippen molar-refractivity contribution < 1.29 is 4.74 Å². The molecule has 2 heteroatoms. The number of ether oxygens (including phenoxy) is 1. The van der Waals surface area contributed by atoms with Gasteiger partial charge in [-0.2, -0.15) is 0 Å². The smallest absolute Gasteiger partial charge is 0.142 e. The largest absolute Gasteiger partial charge is 0.495 e. The molecule has 1 aliphatic heterocycles. The first kappa shape index (κ1) is 12.1. The summed E-state index contributed by atoms with van der Waals surface area (Å²) in [6.07, 6.45) is 2.25. The van der Waals surface area contributed by atoms with Crippen molar-refractivity contribution in [2.24, 2.45) is 5.92 Å². The van der Waals surface area contributed by atoms with Gasteiger partial charge in [0.15, 0.2) is 0 Å². The highest BCUT2D eigenvalue weighted by Crippen LogP contribution is 2.34. The van der Waals surface area contributed by atoms with Gasteiger partial charge < -0.3 is 10.1 Å². The minimum absolute atomic E-state index is 0.655. The number of methoxy groups -OCH3 is 1. The van der Waals surface area contributed by atoms with Crippen molar-refractivity contribution >= 4 is 5.69 Å². The van der Waals surface area contributed by atoms with Crippen LogP contribution in [-0.2, 0) is 12.8 Å². The number of fused-ring (bicyclic) bond motifs is 1. The maximum atomic E-state index is 5.40. The lowest BCUT2D eigenvalue weighted by atomic mass is 9.89. The number of para-hydroxylation sites is 1. The van der Waals surface area contributed by atoms with E-state index in [4.69, 9.17) is 4.74 Å². The highest BCUT2D eigenvalue weighted by molar-refractivity contribution is 5.63. The van der Waals surface area contributed by atoms with E-state index in [9.17, 15) is 0 Å². The van der Waals surface area contributed by atoms with Crippen LogP contribution in [0.2, 0.25) is 0 Å². The summed E-state index contributed by atoms with van der Waals surface area (Å²) in [4.78, 5) is 0. The number of nitrogens with one attached hydrogen (secondary N) is 1. The van der Waals surface area contributed by atoms with Crippen LogP contribution in [0.15, 0.2) is 48.5 Å². The summed E-state index contributed by atoms with van der Waals surface area (Å²) in [5.41, 5.74) is 3.96. The van der Waals surface area contributed by atoms with Gasteiger partial charge >= 0.3 is 0 Å². The molecule has 0 spiro atoms. The highest BCUT2D eigenvalue weighted by atomic mass is 16.5. The summed E-state index contributed by atoms with van der Waals surface area (Å²) in [6.45, 7) is 1.02. The average Bonchev–Trinajstić information content (AvgIpc) is 2.47. The molecule has 1 atom stereocenters. The van der Waals surface area contributed by atoms with E-state index in [-0.39, 0.29) is 0 Å². The Morgan fingerprint density at radius 2 is 1.95 bits per heavy atom. The average molecular weight is 253 g/mol. The molecule has 3 rings (SSSR count). The Labute approximate surface area is 114 Å². The van der Waals surface area contributed by atoms with Crippen molar-refractivity contribution in [3.63, 3.8) is 0 Å². The molecule has 1 unspecified atom stereocenters. The van der Waals surface area contributed by atoms with Crippen LogP contribution in [0.1, 0.15) is 11.1 Å². The molecule has 1 aliphatic rings. The van der Waals surface area contributed by atoms with E-state index in [2.05, 4.69) is 47.8 Å². The summed E-state index contributed by atoms with van der Waals surface area (Å²) in [7, 11) is 1.73. The number of hydrogen-bond acceptors (Lipinski definition) is 2. The molecule has 0 radical (unpaired) electrons. The van der Waals surface area contributed by atoms with Crippen LogP contribution in [0.5, 0.6) is 5.75 Å². The van der Waals surface area contributed by atoms with Crippen LogP contribution in [0, 0.1) is 5.92 Å². The normalized spacial score (nSPS) is 17.4. The Morgan fingerprint density at radius 3 is 2.74 bits per heavy atom. The van der Waals surface area contributed by atoms with Gasteiger partial charge in [0, 0.05) is 6.54 Å². The Bertz CT molecular complexity index is 550. The lowest BCUT2D eigenvalue weighted by Gasteiger charge is -2.27. The maximum absolute atomic E-state index is 5.40. The number of rotatable bonds is 3. The molecule has 0 saturated carbocycles. The summed E-state index contributed by atoms with van der Waals surface area (Å²) >= 11 is 0. The summed E-state index contributed by atoms with van der Waals surface area (Å²) < 4.78 is 5.40. The monoisotopic (exact) mass is 253 g/mol. The summed E-state index contributed by atoms with van der Waals surface area (Å²) in [6, 6.07) is 17.0. The molecule has 0 amide bonds. The van der Waals surface area contributed by atoms with E-state index in [1.165, 1.54) is 16.8 Å². The van der Waals surface area contributed by atoms with E-state index in [0.717, 1.165) is 25.1 Å². The van der Waals surface area contributed by atoms with Crippen molar-refractivity contribution in [3.05, 3.63) is 59.7 Å². The predicted octanol–water partition coefficient (Wildman–Crippen LogP) is 3.52. The van der Waals surface area contributed by atoms with Crippen LogP contribution in [0.4, 0.5) is 5.69 Å². The van der Waals surface area contributed by atoms with Gasteiger partial charge in [-0.3, -0.25) is 0 Å². The number of hydrogen-bond donors (Lipinski definition) is 1. The molecule has 2 aromatic rings. The first-order valence-electron chi connectivity index (χ1n) is 6.80. The molecule has 0 bridgehead atoms. The Kier molecular flexibility index (Phi) is 3.41. The molecule has 0 fully saturated rings. The Hall–Kier alpha value is -1.96. The van der Waals surface area contributed by atoms with E-state index in [0.29, 0.717) is 5.92 Å². The third-order valence-electron chi connectivity index (χ3n) is 3.78. The maximum Gasteiger partial charge on any atom is 0.142 e. The van der Waals surface area contributed by atoms with Crippen LogP contribution < -0.4 is 10.1 Å². The van der Waals surface area contributed by atoms with Gasteiger partial charge in [0.05, 0.1) is 12.8 Å². The van der Waals surface area contributed by atoms with Crippen LogP contribution in [-0.4, -0.2) is 13.7 Å². The molecule has 2 aromatic carbocycles. The Balaban J connectivity index is 1.76. The second kappa shape index (κ2) is 5.35. The fourth-order valence-electron chi connectivity index (χ4n) is 2.84. The molecular weight excluding hydrogens is 234 g/mol. The molecule has 1 N–H and O–H groups in total.